The molecule has 2 amide bonds. The van der Waals surface area contributed by atoms with E-state index in [1.807, 2.05) is 86.0 Å². The van der Waals surface area contributed by atoms with Crippen LogP contribution in [-0.2, 0) is 39.2 Å². The fraction of sp³-hybridized carbons (Fsp3) is 0.410. The highest BCUT2D eigenvalue weighted by Gasteiger charge is 2.25. The Kier molecular flexibility index (Phi) is 14.2. The first-order valence-corrected chi connectivity index (χ1v) is 19.4. The largest absolute Gasteiger partial charge is 0.497 e. The van der Waals surface area contributed by atoms with Gasteiger partial charge < -0.3 is 34.2 Å². The number of tetrazole rings is 1. The summed E-state index contributed by atoms with van der Waals surface area (Å²) in [5.41, 5.74) is 0.908. The first-order valence-electron chi connectivity index (χ1n) is 18.5. The molecule has 20 heteroatoms. The van der Waals surface area contributed by atoms with Crippen molar-refractivity contribution in [1.29, 1.82) is 0 Å². The Balaban J connectivity index is 1.28. The topological polar surface area (TPSA) is 219 Å². The lowest BCUT2D eigenvalue weighted by Gasteiger charge is -2.19. The van der Waals surface area contributed by atoms with Crippen molar-refractivity contribution in [3.8, 4) is 22.6 Å². The van der Waals surface area contributed by atoms with E-state index in [4.69, 9.17) is 23.8 Å². The summed E-state index contributed by atoms with van der Waals surface area (Å²) in [6.45, 7) is 11.9. The minimum atomic E-state index is -1.43. The maximum atomic E-state index is 12.3. The lowest BCUT2D eigenvalue weighted by atomic mass is 10.1. The van der Waals surface area contributed by atoms with Gasteiger partial charge in [-0.2, -0.15) is 9.48 Å². The van der Waals surface area contributed by atoms with E-state index in [-0.39, 0.29) is 29.8 Å². The number of hydrogen-bond donors (Lipinski definition) is 3. The first kappa shape index (κ1) is 43.6. The van der Waals surface area contributed by atoms with Gasteiger partial charge in [-0.1, -0.05) is 29.4 Å². The van der Waals surface area contributed by atoms with Crippen molar-refractivity contribution in [2.45, 2.75) is 78.4 Å². The molecule has 0 aliphatic carbocycles. The fourth-order valence-corrected chi connectivity index (χ4v) is 5.91. The van der Waals surface area contributed by atoms with Crippen LogP contribution in [0.1, 0.15) is 71.1 Å². The van der Waals surface area contributed by atoms with Crippen LogP contribution < -0.4 is 24.8 Å². The Hall–Kier alpha value is -6.57. The highest BCUT2D eigenvalue weighted by Crippen LogP contribution is 2.24. The zero-order valence-electron chi connectivity index (χ0n) is 34.2. The molecule has 3 N–H and O–H groups in total. The van der Waals surface area contributed by atoms with Crippen LogP contribution in [0, 0.1) is 0 Å². The van der Waals surface area contributed by atoms with Crippen LogP contribution in [0.4, 0.5) is 14.7 Å². The number of nitrogens with one attached hydrogen (secondary N) is 2. The smallest absolute Gasteiger partial charge is 0.413 e. The van der Waals surface area contributed by atoms with Crippen molar-refractivity contribution in [2.75, 3.05) is 25.6 Å². The maximum absolute atomic E-state index is 12.3. The minimum absolute atomic E-state index is 0.0559. The van der Waals surface area contributed by atoms with E-state index < -0.39 is 41.2 Å². The second-order valence-corrected chi connectivity index (χ2v) is 16.0. The second-order valence-electron chi connectivity index (χ2n) is 15.1. The molecule has 314 valence electrons. The van der Waals surface area contributed by atoms with E-state index in [9.17, 15) is 19.5 Å². The normalized spacial score (nSPS) is 12.4. The number of aromatic nitrogens is 7. The lowest BCUT2D eigenvalue weighted by Crippen LogP contribution is -2.39. The van der Waals surface area contributed by atoms with Gasteiger partial charge in [0.1, 0.15) is 35.0 Å². The second kappa shape index (κ2) is 19.2. The monoisotopic (exact) mass is 833 g/mol. The van der Waals surface area contributed by atoms with Gasteiger partial charge in [0.2, 0.25) is 23.8 Å². The van der Waals surface area contributed by atoms with Crippen molar-refractivity contribution in [3.05, 3.63) is 83.4 Å². The molecule has 0 saturated heterocycles. The molecule has 0 radical (unpaired) electrons. The molecule has 19 nitrogen and oxygen atoms in total. The molecule has 0 saturated carbocycles. The van der Waals surface area contributed by atoms with Gasteiger partial charge in [0.15, 0.2) is 12.2 Å². The molecular formula is C39H49N10O9S+. The van der Waals surface area contributed by atoms with E-state index in [0.29, 0.717) is 31.0 Å². The van der Waals surface area contributed by atoms with Gasteiger partial charge in [0.05, 0.1) is 32.0 Å². The number of anilines is 1. The highest BCUT2D eigenvalue weighted by atomic mass is 32.1. The molecule has 0 spiro atoms. The third-order valence-electron chi connectivity index (χ3n) is 7.91. The summed E-state index contributed by atoms with van der Waals surface area (Å²) in [7, 11) is 3.52. The predicted octanol–water partition coefficient (Wildman–Crippen LogP) is 5.37. The zero-order chi connectivity index (χ0) is 42.7. The highest BCUT2D eigenvalue weighted by molar-refractivity contribution is 7.14. The number of thiazole rings is 1. The van der Waals surface area contributed by atoms with Crippen LogP contribution >= 0.6 is 11.3 Å². The Bertz CT molecular complexity index is 2220. The van der Waals surface area contributed by atoms with E-state index in [1.54, 1.807) is 40.0 Å². The third kappa shape index (κ3) is 13.5. The number of aliphatic carboxylic acids is 1. The Morgan fingerprint density at radius 1 is 0.949 bits per heavy atom. The quantitative estimate of drug-likeness (QED) is 0.0465. The third-order valence-corrected chi connectivity index (χ3v) is 8.67. The van der Waals surface area contributed by atoms with Crippen LogP contribution in [0.25, 0.3) is 11.1 Å². The van der Waals surface area contributed by atoms with Crippen LogP contribution in [0.15, 0.2) is 71.5 Å². The van der Waals surface area contributed by atoms with Gasteiger partial charge in [0, 0.05) is 11.9 Å². The summed E-state index contributed by atoms with van der Waals surface area (Å²) in [4.78, 5) is 47.9. The molecule has 3 aromatic heterocycles. The number of alkyl carbamates (subject to hydrolysis) is 1. The number of carbonyl (C=O) groups excluding carboxylic acids is 2. The van der Waals surface area contributed by atoms with Crippen molar-refractivity contribution in [2.24, 2.45) is 12.2 Å². The molecule has 2 aromatic carbocycles. The van der Waals surface area contributed by atoms with E-state index in [2.05, 4.69) is 36.2 Å². The van der Waals surface area contributed by atoms with Crippen LogP contribution in [0.2, 0.25) is 0 Å². The van der Waals surface area contributed by atoms with Gasteiger partial charge in [-0.05, 0) is 88.6 Å². The Morgan fingerprint density at radius 3 is 2.29 bits per heavy atom. The first-order chi connectivity index (χ1) is 27.9. The number of rotatable bonds is 17. The molecule has 0 fully saturated rings. The van der Waals surface area contributed by atoms with Crippen LogP contribution in [0.5, 0.6) is 11.5 Å². The molecule has 3 heterocycles. The average molecular weight is 834 g/mol. The lowest BCUT2D eigenvalue weighted by molar-refractivity contribution is -0.753. The summed E-state index contributed by atoms with van der Waals surface area (Å²) in [5.74, 6) is -0.146. The number of oxime groups is 1. The van der Waals surface area contributed by atoms with E-state index in [0.717, 1.165) is 28.0 Å². The van der Waals surface area contributed by atoms with Crippen molar-refractivity contribution in [3.63, 3.8) is 0 Å². The molecule has 0 aliphatic heterocycles. The maximum Gasteiger partial charge on any atom is 0.413 e. The fourth-order valence-electron chi connectivity index (χ4n) is 5.23. The molecule has 59 heavy (non-hydrogen) atoms. The van der Waals surface area contributed by atoms with Gasteiger partial charge in [-0.25, -0.2) is 19.4 Å². The SMILES string of the molecule is COc1ccc(Cn2nnc(C(COc3ccc(-c4cn(CCCNC(=O)OC(C)(C)C)[n+](C)c4)cc3)ON=C(C(=O)O)c3csc(NC(=O)OC(C)(C)C)n3)n2)cc1. The predicted molar refractivity (Wildman–Crippen MR) is 215 cm³/mol. The molecular weight excluding hydrogens is 785 g/mol. The summed E-state index contributed by atoms with van der Waals surface area (Å²) < 4.78 is 25.9. The van der Waals surface area contributed by atoms with Gasteiger partial charge in [0.25, 0.3) is 0 Å². The molecule has 5 rings (SSSR count). The summed E-state index contributed by atoms with van der Waals surface area (Å²) in [5, 5.41) is 33.6. The number of hydrogen-bond acceptors (Lipinski definition) is 14. The zero-order valence-corrected chi connectivity index (χ0v) is 35.0. The van der Waals surface area contributed by atoms with Gasteiger partial charge in [-0.3, -0.25) is 5.32 Å². The average Bonchev–Trinajstić information content (AvgIpc) is 3.91. The molecule has 0 aliphatic rings. The number of carboxylic acid groups (broad SMARTS) is 1. The molecule has 1 unspecified atom stereocenters. The van der Waals surface area contributed by atoms with Gasteiger partial charge in [-0.15, -0.1) is 26.2 Å². The summed E-state index contributed by atoms with van der Waals surface area (Å²) in [6.07, 6.45) is 2.43. The molecule has 1 atom stereocenters. The number of nitrogens with zero attached hydrogens (tertiary/aromatic N) is 8. The number of ether oxygens (including phenoxy) is 4. The number of amides is 2. The Labute approximate surface area is 344 Å². The van der Waals surface area contributed by atoms with Gasteiger partial charge >= 0.3 is 18.2 Å². The summed E-state index contributed by atoms with van der Waals surface area (Å²) in [6, 6.07) is 14.8. The Morgan fingerprint density at radius 2 is 1.63 bits per heavy atom. The molecule has 5 aromatic rings. The standard InChI is InChI=1S/C39H48N10O9S/c1-38(2,3)56-36(52)40-18-9-19-48-22-27(21-47(48)7)26-12-16-29(17-13-26)55-23-31(33-43-46-49(44-33)20-25-10-14-28(54-8)15-11-25)58-45-32(34(50)51)30-24-59-35(41-30)42-37(53)57-39(4,5)6/h10-17,21-22,24,31H,9,18-20,23H2,1-8H3,(H2-,40,41,42,50,51,52,53)/p+1. The number of carbonyl (C=O) groups is 3. The van der Waals surface area contributed by atoms with Crippen LogP contribution in [-0.4, -0.2) is 90.3 Å². The van der Waals surface area contributed by atoms with Crippen molar-refractivity contribution in [1.82, 2.24) is 35.2 Å². The van der Waals surface area contributed by atoms with Crippen molar-refractivity contribution >= 4 is 40.3 Å². The van der Waals surface area contributed by atoms with Crippen molar-refractivity contribution < 1.29 is 48.0 Å². The number of benzene rings is 2. The number of aryl methyl sites for hydroxylation is 2. The van der Waals surface area contributed by atoms with E-state index in [1.165, 1.54) is 10.2 Å². The molecule has 0 bridgehead atoms. The number of methoxy groups -OCH3 is 1. The number of carboxylic acids is 1. The summed E-state index contributed by atoms with van der Waals surface area (Å²) >= 11 is 0.988. The minimum Gasteiger partial charge on any atom is -0.497 e. The van der Waals surface area contributed by atoms with E-state index >= 15 is 0 Å². The van der Waals surface area contributed by atoms with Crippen LogP contribution in [0.3, 0.4) is 0 Å².